The van der Waals surface area contributed by atoms with Gasteiger partial charge in [0.05, 0.1) is 26.2 Å². The zero-order valence-electron chi connectivity index (χ0n) is 14.8. The summed E-state index contributed by atoms with van der Waals surface area (Å²) in [7, 11) is 0. The minimum Gasteiger partial charge on any atom is -1.00 e. The fraction of sp³-hybridized carbons (Fsp3) is 1.00. The van der Waals surface area contributed by atoms with Crippen molar-refractivity contribution in [1.82, 2.24) is 0 Å². The highest BCUT2D eigenvalue weighted by molar-refractivity contribution is 6.17. The molecule has 0 aromatic carbocycles. The van der Waals surface area contributed by atoms with E-state index >= 15 is 0 Å². The lowest BCUT2D eigenvalue weighted by atomic mass is 10.1. The molecule has 0 aromatic rings. The number of alkyl halides is 1. The molecule has 0 spiro atoms. The highest BCUT2D eigenvalue weighted by Crippen LogP contribution is 2.17. The molecule has 3 heteroatoms. The van der Waals surface area contributed by atoms with E-state index < -0.39 is 0 Å². The summed E-state index contributed by atoms with van der Waals surface area (Å²) in [6, 6.07) is 0. The number of halogens is 2. The first kappa shape index (κ1) is 24.2. The third-order valence-electron chi connectivity index (χ3n) is 4.47. The quantitative estimate of drug-likeness (QED) is 0.162. The summed E-state index contributed by atoms with van der Waals surface area (Å²) in [6.07, 6.45) is 13.5. The Kier molecular flexibility index (Phi) is 20.0. The van der Waals surface area contributed by atoms with Crippen molar-refractivity contribution in [3.63, 3.8) is 0 Å². The lowest BCUT2D eigenvalue weighted by Crippen LogP contribution is -3.00. The van der Waals surface area contributed by atoms with E-state index in [9.17, 15) is 0 Å². The number of rotatable bonds is 15. The molecule has 1 nitrogen and oxygen atoms in total. The molecule has 0 rings (SSSR count). The maximum Gasteiger partial charge on any atom is 0.0787 e. The molecule has 130 valence electrons. The monoisotopic (exact) mass is 431 g/mol. The van der Waals surface area contributed by atoms with Crippen LogP contribution < -0.4 is 24.0 Å². The predicted molar refractivity (Wildman–Crippen MR) is 93.6 cm³/mol. The van der Waals surface area contributed by atoms with Crippen LogP contribution in [-0.4, -0.2) is 36.5 Å². The first-order chi connectivity index (χ1) is 9.74. The van der Waals surface area contributed by atoms with E-state index in [1.165, 1.54) is 94.9 Å². The topological polar surface area (TPSA) is 0 Å². The van der Waals surface area contributed by atoms with Gasteiger partial charge in [-0.1, -0.05) is 40.0 Å². The van der Waals surface area contributed by atoms with Crippen molar-refractivity contribution < 1.29 is 28.5 Å². The molecule has 0 aliphatic heterocycles. The molecule has 0 N–H and O–H groups in total. The van der Waals surface area contributed by atoms with E-state index in [4.69, 9.17) is 11.6 Å². The normalized spacial score (nSPS) is 11.4. The summed E-state index contributed by atoms with van der Waals surface area (Å²) in [4.78, 5) is 0. The highest BCUT2D eigenvalue weighted by atomic mass is 127. The molecule has 21 heavy (non-hydrogen) atoms. The van der Waals surface area contributed by atoms with Gasteiger partial charge >= 0.3 is 0 Å². The Morgan fingerprint density at radius 1 is 0.571 bits per heavy atom. The van der Waals surface area contributed by atoms with Gasteiger partial charge in [-0.15, -0.1) is 11.6 Å². The molecule has 0 aliphatic carbocycles. The Bertz CT molecular complexity index is 173. The smallest absolute Gasteiger partial charge is 0.0787 e. The van der Waals surface area contributed by atoms with Crippen LogP contribution in [0.5, 0.6) is 0 Å². The summed E-state index contributed by atoms with van der Waals surface area (Å²) in [5, 5.41) is 0. The van der Waals surface area contributed by atoms with E-state index in [0.717, 1.165) is 5.88 Å². The maximum absolute atomic E-state index is 5.88. The Morgan fingerprint density at radius 2 is 0.952 bits per heavy atom. The molecule has 0 amide bonds. The van der Waals surface area contributed by atoms with Gasteiger partial charge in [0, 0.05) is 5.88 Å². The van der Waals surface area contributed by atoms with Gasteiger partial charge in [-0.05, 0) is 44.9 Å². The molecule has 0 saturated carbocycles. The fourth-order valence-electron chi connectivity index (χ4n) is 3.10. The van der Waals surface area contributed by atoms with Gasteiger partial charge < -0.3 is 28.5 Å². The average Bonchev–Trinajstić information content (AvgIpc) is 2.46. The number of hydrogen-bond acceptors (Lipinski definition) is 0. The second-order valence-corrected chi connectivity index (χ2v) is 6.78. The first-order valence-corrected chi connectivity index (χ1v) is 9.69. The van der Waals surface area contributed by atoms with Gasteiger partial charge in [-0.3, -0.25) is 0 Å². The molecule has 0 aliphatic rings. The van der Waals surface area contributed by atoms with E-state index in [1.807, 2.05) is 0 Å². The van der Waals surface area contributed by atoms with E-state index in [-0.39, 0.29) is 24.0 Å². The zero-order valence-corrected chi connectivity index (χ0v) is 17.7. The Morgan fingerprint density at radius 3 is 1.33 bits per heavy atom. The summed E-state index contributed by atoms with van der Waals surface area (Å²) < 4.78 is 1.38. The van der Waals surface area contributed by atoms with Crippen molar-refractivity contribution in [3.05, 3.63) is 0 Å². The molecule has 0 bridgehead atoms. The average molecular weight is 432 g/mol. The highest BCUT2D eigenvalue weighted by Gasteiger charge is 2.25. The Labute approximate surface area is 156 Å². The van der Waals surface area contributed by atoms with Crippen LogP contribution in [0.4, 0.5) is 0 Å². The summed E-state index contributed by atoms with van der Waals surface area (Å²) in [6.45, 7) is 12.5. The minimum atomic E-state index is 0. The van der Waals surface area contributed by atoms with Crippen molar-refractivity contribution in [2.75, 3.05) is 32.1 Å². The SMILES string of the molecule is CCCCC[N+](CCCC)(CCCCC)CCCCCl.[I-]. The lowest BCUT2D eigenvalue weighted by molar-refractivity contribution is -0.929. The standard InChI is InChI=1S/C18H39ClN.HI/c1-4-7-11-16-20(15-9-6-3,17-12-8-5-2)18-13-10-14-19;/h4-18H2,1-3H3;1H/q+1;/p-1. The molecule has 0 fully saturated rings. The summed E-state index contributed by atoms with van der Waals surface area (Å²) in [5.41, 5.74) is 0. The minimum absolute atomic E-state index is 0. The molecular formula is C18H39ClIN. The van der Waals surface area contributed by atoms with Crippen LogP contribution in [0.2, 0.25) is 0 Å². The molecule has 0 radical (unpaired) electrons. The van der Waals surface area contributed by atoms with Crippen molar-refractivity contribution in [2.45, 2.75) is 85.0 Å². The maximum atomic E-state index is 5.88. The Hall–Kier alpha value is 0.980. The van der Waals surface area contributed by atoms with Crippen LogP contribution in [0.3, 0.4) is 0 Å². The lowest BCUT2D eigenvalue weighted by Gasteiger charge is -2.39. The van der Waals surface area contributed by atoms with Crippen LogP contribution in [-0.2, 0) is 0 Å². The van der Waals surface area contributed by atoms with Gasteiger partial charge in [0.1, 0.15) is 0 Å². The summed E-state index contributed by atoms with van der Waals surface area (Å²) >= 11 is 5.88. The number of hydrogen-bond donors (Lipinski definition) is 0. The van der Waals surface area contributed by atoms with Crippen LogP contribution >= 0.6 is 11.6 Å². The summed E-state index contributed by atoms with van der Waals surface area (Å²) in [5.74, 6) is 0.831. The largest absolute Gasteiger partial charge is 1.00 e. The number of unbranched alkanes of at least 4 members (excludes halogenated alkanes) is 6. The van der Waals surface area contributed by atoms with Crippen molar-refractivity contribution >= 4 is 11.6 Å². The van der Waals surface area contributed by atoms with E-state index in [2.05, 4.69) is 20.8 Å². The zero-order chi connectivity index (χ0) is 15.1. The van der Waals surface area contributed by atoms with Crippen LogP contribution in [0.1, 0.15) is 85.0 Å². The van der Waals surface area contributed by atoms with Gasteiger partial charge in [0.2, 0.25) is 0 Å². The second kappa shape index (κ2) is 17.3. The van der Waals surface area contributed by atoms with Gasteiger partial charge in [0.25, 0.3) is 0 Å². The van der Waals surface area contributed by atoms with Crippen molar-refractivity contribution in [3.8, 4) is 0 Å². The molecule has 0 atom stereocenters. The fourth-order valence-corrected chi connectivity index (χ4v) is 3.29. The van der Waals surface area contributed by atoms with E-state index in [1.54, 1.807) is 0 Å². The third-order valence-corrected chi connectivity index (χ3v) is 4.74. The van der Waals surface area contributed by atoms with Crippen molar-refractivity contribution in [2.24, 2.45) is 0 Å². The molecule has 0 saturated heterocycles. The van der Waals surface area contributed by atoms with Crippen LogP contribution in [0.15, 0.2) is 0 Å². The second-order valence-electron chi connectivity index (χ2n) is 6.40. The Balaban J connectivity index is 0. The van der Waals surface area contributed by atoms with Crippen molar-refractivity contribution in [1.29, 1.82) is 0 Å². The number of nitrogens with zero attached hydrogens (tertiary/aromatic N) is 1. The van der Waals surface area contributed by atoms with Crippen LogP contribution in [0, 0.1) is 0 Å². The molecule has 0 heterocycles. The van der Waals surface area contributed by atoms with Gasteiger partial charge in [-0.2, -0.15) is 0 Å². The molecule has 0 unspecified atom stereocenters. The third kappa shape index (κ3) is 13.1. The first-order valence-electron chi connectivity index (χ1n) is 9.15. The van der Waals surface area contributed by atoms with Gasteiger partial charge in [0.15, 0.2) is 0 Å². The molecule has 0 aromatic heterocycles. The predicted octanol–water partition coefficient (Wildman–Crippen LogP) is 3.01. The van der Waals surface area contributed by atoms with Crippen LogP contribution in [0.25, 0.3) is 0 Å². The number of quaternary nitrogens is 1. The molecular weight excluding hydrogens is 393 g/mol. The van der Waals surface area contributed by atoms with E-state index in [0.29, 0.717) is 0 Å². The van der Waals surface area contributed by atoms with Gasteiger partial charge in [-0.25, -0.2) is 0 Å².